The molecule has 0 atom stereocenters. The third-order valence-corrected chi connectivity index (χ3v) is 5.71. The molecule has 2 aromatic heterocycles. The highest BCUT2D eigenvalue weighted by atomic mass is 32.1. The Morgan fingerprint density at radius 1 is 1.13 bits per heavy atom. The van der Waals surface area contributed by atoms with Crippen molar-refractivity contribution in [3.63, 3.8) is 0 Å². The summed E-state index contributed by atoms with van der Waals surface area (Å²) in [5.41, 5.74) is 3.52. The smallest absolute Gasteiger partial charge is 0.258 e. The Balaban J connectivity index is 1.40. The Morgan fingerprint density at radius 2 is 1.90 bits per heavy atom. The third-order valence-electron chi connectivity index (χ3n) is 4.95. The number of aryl methyl sites for hydroxylation is 1. The minimum atomic E-state index is -0.174. The number of hydrogen-bond donors (Lipinski definition) is 2. The molecule has 0 bridgehead atoms. The number of nitrogens with one attached hydrogen (secondary N) is 2. The summed E-state index contributed by atoms with van der Waals surface area (Å²) >= 11 is 1.40. The van der Waals surface area contributed by atoms with Crippen molar-refractivity contribution >= 4 is 33.3 Å². The number of aromatic amines is 1. The maximum absolute atomic E-state index is 12.6. The Kier molecular flexibility index (Phi) is 6.20. The van der Waals surface area contributed by atoms with Crippen LogP contribution in [0.3, 0.4) is 0 Å². The fourth-order valence-corrected chi connectivity index (χ4v) is 3.99. The van der Waals surface area contributed by atoms with Crippen LogP contribution in [0.5, 0.6) is 0 Å². The minimum Gasteiger partial charge on any atom is -0.309 e. The van der Waals surface area contributed by atoms with E-state index in [0.29, 0.717) is 34.9 Å². The second-order valence-corrected chi connectivity index (χ2v) is 8.14. The number of fused-ring (bicyclic) bond motifs is 1. The molecule has 0 saturated carbocycles. The van der Waals surface area contributed by atoms with Crippen LogP contribution in [0.25, 0.3) is 22.2 Å². The van der Waals surface area contributed by atoms with Crippen LogP contribution < -0.4 is 10.9 Å². The average molecular weight is 434 g/mol. The van der Waals surface area contributed by atoms with Crippen molar-refractivity contribution in [1.29, 1.82) is 0 Å². The van der Waals surface area contributed by atoms with E-state index in [0.717, 1.165) is 11.3 Å². The van der Waals surface area contributed by atoms with Crippen molar-refractivity contribution < 1.29 is 4.79 Å². The zero-order valence-corrected chi connectivity index (χ0v) is 18.2. The van der Waals surface area contributed by atoms with Crippen LogP contribution in [0.4, 0.5) is 5.13 Å². The van der Waals surface area contributed by atoms with Crippen molar-refractivity contribution in [3.05, 3.63) is 75.7 Å². The highest BCUT2D eigenvalue weighted by Gasteiger charge is 2.14. The molecule has 0 saturated heterocycles. The van der Waals surface area contributed by atoms with Crippen LogP contribution in [0.1, 0.15) is 18.3 Å². The van der Waals surface area contributed by atoms with Gasteiger partial charge in [-0.15, -0.1) is 11.3 Å². The monoisotopic (exact) mass is 433 g/mol. The number of carbonyl (C=O) groups excluding carboxylic acids is 1. The highest BCUT2D eigenvalue weighted by molar-refractivity contribution is 7.14. The van der Waals surface area contributed by atoms with Gasteiger partial charge in [0, 0.05) is 10.9 Å². The predicted molar refractivity (Wildman–Crippen MR) is 124 cm³/mol. The first-order valence-electron chi connectivity index (χ1n) is 10.0. The second kappa shape index (κ2) is 9.20. The number of amides is 1. The fraction of sp³-hybridized carbons (Fsp3) is 0.217. The van der Waals surface area contributed by atoms with Gasteiger partial charge in [-0.1, -0.05) is 48.9 Å². The topological polar surface area (TPSA) is 91.0 Å². The van der Waals surface area contributed by atoms with Crippen molar-refractivity contribution in [1.82, 2.24) is 19.9 Å². The van der Waals surface area contributed by atoms with Crippen molar-refractivity contribution in [2.45, 2.75) is 20.4 Å². The van der Waals surface area contributed by atoms with E-state index in [4.69, 9.17) is 0 Å². The number of para-hydroxylation sites is 1. The first-order valence-corrected chi connectivity index (χ1v) is 10.9. The van der Waals surface area contributed by atoms with E-state index < -0.39 is 0 Å². The van der Waals surface area contributed by atoms with Gasteiger partial charge in [0.2, 0.25) is 5.91 Å². The van der Waals surface area contributed by atoms with E-state index >= 15 is 0 Å². The van der Waals surface area contributed by atoms with Crippen molar-refractivity contribution in [3.8, 4) is 11.3 Å². The Bertz CT molecular complexity index is 1260. The standard InChI is InChI=1S/C23H23N5O2S/c1-3-28(12-20-24-18-7-5-4-6-17(18)22(30)26-20)13-21(29)27-23-25-19(14-31-23)16-10-8-15(2)9-11-16/h4-11,14H,3,12-13H2,1-2H3,(H,24,26,30)(H,25,27,29). The van der Waals surface area contributed by atoms with Gasteiger partial charge >= 0.3 is 0 Å². The molecule has 0 aliphatic heterocycles. The summed E-state index contributed by atoms with van der Waals surface area (Å²) in [5.74, 6) is 0.379. The first kappa shape index (κ1) is 20.9. The van der Waals surface area contributed by atoms with E-state index in [2.05, 4.69) is 20.3 Å². The summed E-state index contributed by atoms with van der Waals surface area (Å²) < 4.78 is 0. The summed E-state index contributed by atoms with van der Waals surface area (Å²) in [6.45, 7) is 5.18. The molecule has 4 aromatic rings. The van der Waals surface area contributed by atoms with Gasteiger partial charge in [-0.25, -0.2) is 9.97 Å². The summed E-state index contributed by atoms with van der Waals surface area (Å²) in [4.78, 5) is 38.6. The van der Waals surface area contributed by atoms with E-state index in [1.54, 1.807) is 6.07 Å². The molecule has 0 radical (unpaired) electrons. The fourth-order valence-electron chi connectivity index (χ4n) is 3.25. The third kappa shape index (κ3) is 5.04. The molecule has 4 rings (SSSR count). The Hall–Kier alpha value is -3.36. The average Bonchev–Trinajstić information content (AvgIpc) is 3.22. The maximum Gasteiger partial charge on any atom is 0.258 e. The lowest BCUT2D eigenvalue weighted by atomic mass is 10.1. The van der Waals surface area contributed by atoms with Crippen molar-refractivity contribution in [2.24, 2.45) is 0 Å². The number of likely N-dealkylation sites (N-methyl/N-ethyl adjacent to an activating group) is 1. The number of benzene rings is 2. The number of aromatic nitrogens is 3. The normalized spacial score (nSPS) is 11.2. The maximum atomic E-state index is 12.6. The molecule has 1 amide bonds. The number of hydrogen-bond acceptors (Lipinski definition) is 6. The molecular weight excluding hydrogens is 410 g/mol. The number of thiazole rings is 1. The van der Waals surface area contributed by atoms with Gasteiger partial charge in [0.15, 0.2) is 5.13 Å². The summed E-state index contributed by atoms with van der Waals surface area (Å²) in [7, 11) is 0. The zero-order valence-electron chi connectivity index (χ0n) is 17.4. The van der Waals surface area contributed by atoms with Crippen LogP contribution in [0.15, 0.2) is 58.7 Å². The molecule has 31 heavy (non-hydrogen) atoms. The van der Waals surface area contributed by atoms with E-state index in [1.165, 1.54) is 16.9 Å². The molecule has 0 aliphatic carbocycles. The summed E-state index contributed by atoms with van der Waals surface area (Å²) in [5, 5.41) is 5.92. The minimum absolute atomic E-state index is 0.158. The van der Waals surface area contributed by atoms with Crippen LogP contribution >= 0.6 is 11.3 Å². The highest BCUT2D eigenvalue weighted by Crippen LogP contribution is 2.25. The van der Waals surface area contributed by atoms with Gasteiger partial charge in [-0.05, 0) is 25.6 Å². The van der Waals surface area contributed by atoms with E-state index in [-0.39, 0.29) is 18.0 Å². The van der Waals surface area contributed by atoms with Gasteiger partial charge in [-0.3, -0.25) is 14.5 Å². The lowest BCUT2D eigenvalue weighted by Crippen LogP contribution is -2.33. The zero-order chi connectivity index (χ0) is 21.8. The number of H-pyrrole nitrogens is 1. The number of anilines is 1. The molecule has 2 aromatic carbocycles. The van der Waals surface area contributed by atoms with Gasteiger partial charge in [0.1, 0.15) is 5.82 Å². The number of carbonyl (C=O) groups is 1. The van der Waals surface area contributed by atoms with E-state index in [1.807, 2.05) is 66.6 Å². The lowest BCUT2D eigenvalue weighted by molar-refractivity contribution is -0.117. The van der Waals surface area contributed by atoms with Gasteiger partial charge < -0.3 is 10.3 Å². The molecule has 2 heterocycles. The molecule has 158 valence electrons. The van der Waals surface area contributed by atoms with Crippen molar-refractivity contribution in [2.75, 3.05) is 18.4 Å². The first-order chi connectivity index (χ1) is 15.0. The molecule has 0 aliphatic rings. The number of rotatable bonds is 7. The quantitative estimate of drug-likeness (QED) is 0.462. The molecule has 0 spiro atoms. The Morgan fingerprint density at radius 3 is 2.68 bits per heavy atom. The molecule has 0 unspecified atom stereocenters. The summed E-state index contributed by atoms with van der Waals surface area (Å²) in [6, 6.07) is 15.3. The van der Waals surface area contributed by atoms with Crippen LogP contribution in [-0.2, 0) is 11.3 Å². The second-order valence-electron chi connectivity index (χ2n) is 7.29. The molecular formula is C23H23N5O2S. The summed E-state index contributed by atoms with van der Waals surface area (Å²) in [6.07, 6.45) is 0. The van der Waals surface area contributed by atoms with E-state index in [9.17, 15) is 9.59 Å². The largest absolute Gasteiger partial charge is 0.309 e. The van der Waals surface area contributed by atoms with Crippen LogP contribution in [-0.4, -0.2) is 38.8 Å². The molecule has 0 fully saturated rings. The lowest BCUT2D eigenvalue weighted by Gasteiger charge is -2.18. The molecule has 2 N–H and O–H groups in total. The molecule has 8 heteroatoms. The Labute approximate surface area is 183 Å². The van der Waals surface area contributed by atoms with Gasteiger partial charge in [0.25, 0.3) is 5.56 Å². The van der Waals surface area contributed by atoms with Gasteiger partial charge in [0.05, 0.1) is 29.7 Å². The van der Waals surface area contributed by atoms with Crippen LogP contribution in [0, 0.1) is 6.92 Å². The number of nitrogens with zero attached hydrogens (tertiary/aromatic N) is 3. The van der Waals surface area contributed by atoms with Crippen LogP contribution in [0.2, 0.25) is 0 Å². The molecule has 7 nitrogen and oxygen atoms in total. The van der Waals surface area contributed by atoms with Gasteiger partial charge in [-0.2, -0.15) is 0 Å². The SMILES string of the molecule is CCN(CC(=O)Nc1nc(-c2ccc(C)cc2)cs1)Cc1nc2ccccc2c(=O)[nH]1. The predicted octanol–water partition coefficient (Wildman–Crippen LogP) is 3.82.